The SMILES string of the molecule is N#Cc1ccccc1COC(=O)c1ccco1. The first-order valence-electron chi connectivity index (χ1n) is 5.00. The van der Waals surface area contributed by atoms with Crippen LogP contribution in [0.1, 0.15) is 21.7 Å². The maximum absolute atomic E-state index is 11.5. The number of hydrogen-bond donors (Lipinski definition) is 0. The minimum absolute atomic E-state index is 0.0588. The van der Waals surface area contributed by atoms with E-state index < -0.39 is 5.97 Å². The number of nitriles is 1. The number of nitrogens with zero attached hydrogens (tertiary/aromatic N) is 1. The summed E-state index contributed by atoms with van der Waals surface area (Å²) >= 11 is 0. The highest BCUT2D eigenvalue weighted by atomic mass is 16.5. The van der Waals surface area contributed by atoms with Gasteiger partial charge in [0, 0.05) is 5.56 Å². The molecule has 0 spiro atoms. The second kappa shape index (κ2) is 4.99. The van der Waals surface area contributed by atoms with Crippen molar-refractivity contribution >= 4 is 5.97 Å². The van der Waals surface area contributed by atoms with Crippen LogP contribution >= 0.6 is 0 Å². The number of ether oxygens (including phenoxy) is 1. The van der Waals surface area contributed by atoms with Gasteiger partial charge in [0.15, 0.2) is 0 Å². The zero-order valence-corrected chi connectivity index (χ0v) is 8.92. The Morgan fingerprint density at radius 3 is 2.82 bits per heavy atom. The van der Waals surface area contributed by atoms with Gasteiger partial charge < -0.3 is 9.15 Å². The molecule has 0 N–H and O–H groups in total. The molecule has 4 nitrogen and oxygen atoms in total. The molecule has 2 rings (SSSR count). The molecule has 0 radical (unpaired) electrons. The maximum Gasteiger partial charge on any atom is 0.374 e. The fourth-order valence-corrected chi connectivity index (χ4v) is 1.36. The van der Waals surface area contributed by atoms with Gasteiger partial charge in [-0.15, -0.1) is 0 Å². The van der Waals surface area contributed by atoms with Crippen molar-refractivity contribution in [3.8, 4) is 6.07 Å². The van der Waals surface area contributed by atoms with Crippen LogP contribution in [-0.2, 0) is 11.3 Å². The minimum atomic E-state index is -0.539. The molecule has 0 aliphatic heterocycles. The summed E-state index contributed by atoms with van der Waals surface area (Å²) in [7, 11) is 0. The Bertz CT molecular complexity index is 552. The lowest BCUT2D eigenvalue weighted by Gasteiger charge is -2.04. The smallest absolute Gasteiger partial charge is 0.374 e. The monoisotopic (exact) mass is 227 g/mol. The van der Waals surface area contributed by atoms with E-state index >= 15 is 0 Å². The van der Waals surface area contributed by atoms with Gasteiger partial charge in [-0.3, -0.25) is 0 Å². The summed E-state index contributed by atoms with van der Waals surface area (Å²) in [6.07, 6.45) is 1.40. The van der Waals surface area contributed by atoms with Crippen molar-refractivity contribution in [3.63, 3.8) is 0 Å². The van der Waals surface area contributed by atoms with Crippen LogP contribution in [0.3, 0.4) is 0 Å². The van der Waals surface area contributed by atoms with Crippen molar-refractivity contribution in [1.82, 2.24) is 0 Å². The molecule has 0 aliphatic rings. The van der Waals surface area contributed by atoms with Gasteiger partial charge in [0.05, 0.1) is 17.9 Å². The fraction of sp³-hybridized carbons (Fsp3) is 0.0769. The van der Waals surface area contributed by atoms with Gasteiger partial charge in [0.2, 0.25) is 5.76 Å². The predicted molar refractivity (Wildman–Crippen MR) is 59.0 cm³/mol. The van der Waals surface area contributed by atoms with Gasteiger partial charge in [-0.25, -0.2) is 4.79 Å². The number of rotatable bonds is 3. The second-order valence-electron chi connectivity index (χ2n) is 3.32. The summed E-state index contributed by atoms with van der Waals surface area (Å²) < 4.78 is 9.93. The average Bonchev–Trinajstić information content (AvgIpc) is 2.90. The van der Waals surface area contributed by atoms with Crippen molar-refractivity contribution < 1.29 is 13.9 Å². The molecule has 0 bridgehead atoms. The van der Waals surface area contributed by atoms with E-state index in [4.69, 9.17) is 14.4 Å². The van der Waals surface area contributed by atoms with Gasteiger partial charge in [-0.05, 0) is 18.2 Å². The molecular formula is C13H9NO3. The standard InChI is InChI=1S/C13H9NO3/c14-8-10-4-1-2-5-11(10)9-17-13(15)12-6-3-7-16-12/h1-7H,9H2. The topological polar surface area (TPSA) is 63.2 Å². The molecule has 2 aromatic rings. The lowest BCUT2D eigenvalue weighted by Crippen LogP contribution is -2.04. The Kier molecular flexibility index (Phi) is 3.22. The van der Waals surface area contributed by atoms with Crippen molar-refractivity contribution in [2.45, 2.75) is 6.61 Å². The van der Waals surface area contributed by atoms with Crippen LogP contribution in [0.15, 0.2) is 47.1 Å². The second-order valence-corrected chi connectivity index (χ2v) is 3.32. The summed E-state index contributed by atoms with van der Waals surface area (Å²) in [6.45, 7) is 0.0588. The molecule has 0 fully saturated rings. The number of esters is 1. The molecule has 0 aliphatic carbocycles. The first-order valence-corrected chi connectivity index (χ1v) is 5.00. The lowest BCUT2D eigenvalue weighted by molar-refractivity contribution is 0.0436. The molecule has 0 saturated carbocycles. The van der Waals surface area contributed by atoms with E-state index in [-0.39, 0.29) is 12.4 Å². The highest BCUT2D eigenvalue weighted by molar-refractivity contribution is 5.86. The quantitative estimate of drug-likeness (QED) is 0.756. The Morgan fingerprint density at radius 1 is 1.29 bits per heavy atom. The highest BCUT2D eigenvalue weighted by Crippen LogP contribution is 2.10. The van der Waals surface area contributed by atoms with E-state index in [1.54, 1.807) is 30.3 Å². The van der Waals surface area contributed by atoms with Gasteiger partial charge >= 0.3 is 5.97 Å². The highest BCUT2D eigenvalue weighted by Gasteiger charge is 2.11. The largest absolute Gasteiger partial charge is 0.457 e. The first-order chi connectivity index (χ1) is 8.31. The third kappa shape index (κ3) is 2.52. The minimum Gasteiger partial charge on any atom is -0.457 e. The van der Waals surface area contributed by atoms with E-state index in [0.29, 0.717) is 11.1 Å². The van der Waals surface area contributed by atoms with E-state index in [9.17, 15) is 4.79 Å². The molecule has 84 valence electrons. The number of hydrogen-bond acceptors (Lipinski definition) is 4. The van der Waals surface area contributed by atoms with Gasteiger partial charge in [-0.2, -0.15) is 5.26 Å². The van der Waals surface area contributed by atoms with Crippen LogP contribution in [0.4, 0.5) is 0 Å². The van der Waals surface area contributed by atoms with Crippen LogP contribution in [0.25, 0.3) is 0 Å². The van der Waals surface area contributed by atoms with Crippen molar-refractivity contribution in [1.29, 1.82) is 5.26 Å². The van der Waals surface area contributed by atoms with Gasteiger partial charge in [-0.1, -0.05) is 18.2 Å². The fourth-order valence-electron chi connectivity index (χ4n) is 1.36. The van der Waals surface area contributed by atoms with Crippen LogP contribution in [0, 0.1) is 11.3 Å². The predicted octanol–water partition coefficient (Wildman–Crippen LogP) is 2.51. The Balaban J connectivity index is 2.04. The molecule has 17 heavy (non-hydrogen) atoms. The summed E-state index contributed by atoms with van der Waals surface area (Å²) in [5.74, 6) is -0.387. The first kappa shape index (κ1) is 11.0. The molecule has 0 saturated heterocycles. The molecule has 0 atom stereocenters. The molecule has 0 unspecified atom stereocenters. The summed E-state index contributed by atoms with van der Waals surface area (Å²) in [5, 5.41) is 8.86. The molecule has 1 aromatic heterocycles. The zero-order valence-electron chi connectivity index (χ0n) is 8.92. The van der Waals surface area contributed by atoms with Gasteiger partial charge in [0.25, 0.3) is 0 Å². The van der Waals surface area contributed by atoms with Crippen LogP contribution in [0.5, 0.6) is 0 Å². The number of carbonyl (C=O) groups excluding carboxylic acids is 1. The molecular weight excluding hydrogens is 218 g/mol. The van der Waals surface area contributed by atoms with E-state index in [2.05, 4.69) is 0 Å². The van der Waals surface area contributed by atoms with E-state index in [1.165, 1.54) is 12.3 Å². The Labute approximate surface area is 98.0 Å². The van der Waals surface area contributed by atoms with Crippen molar-refractivity contribution in [2.24, 2.45) is 0 Å². The number of furan rings is 1. The van der Waals surface area contributed by atoms with E-state index in [1.807, 2.05) is 6.07 Å². The third-order valence-corrected chi connectivity index (χ3v) is 2.22. The number of carbonyl (C=O) groups is 1. The molecule has 0 amide bonds. The average molecular weight is 227 g/mol. The summed E-state index contributed by atoms with van der Waals surface area (Å²) in [5.41, 5.74) is 1.18. The molecule has 1 aromatic carbocycles. The Morgan fingerprint density at radius 2 is 2.12 bits per heavy atom. The van der Waals surface area contributed by atoms with Crippen LogP contribution in [0.2, 0.25) is 0 Å². The van der Waals surface area contributed by atoms with E-state index in [0.717, 1.165) is 0 Å². The Hall–Kier alpha value is -2.54. The van der Waals surface area contributed by atoms with Crippen molar-refractivity contribution in [2.75, 3.05) is 0 Å². The molecule has 1 heterocycles. The maximum atomic E-state index is 11.5. The third-order valence-electron chi connectivity index (χ3n) is 2.22. The summed E-state index contributed by atoms with van der Waals surface area (Å²) in [6, 6.07) is 12.1. The van der Waals surface area contributed by atoms with Gasteiger partial charge in [0.1, 0.15) is 6.61 Å². The normalized spacial score (nSPS) is 9.59. The zero-order chi connectivity index (χ0) is 12.1. The number of benzene rings is 1. The van der Waals surface area contributed by atoms with Crippen LogP contribution in [-0.4, -0.2) is 5.97 Å². The van der Waals surface area contributed by atoms with Crippen LogP contribution < -0.4 is 0 Å². The summed E-state index contributed by atoms with van der Waals surface area (Å²) in [4.78, 5) is 11.5. The lowest BCUT2D eigenvalue weighted by atomic mass is 10.1. The van der Waals surface area contributed by atoms with Crippen molar-refractivity contribution in [3.05, 3.63) is 59.5 Å². The molecule has 4 heteroatoms.